The predicted octanol–water partition coefficient (Wildman–Crippen LogP) is 2.61. The number of phenols is 1. The standard InChI is InChI=1S/C16H10N4O2S/c21-12-5-1-4-11(7-12)20-9-18-14-13(16(20)22)23-15(19-14)10-3-2-6-17-8-10/h1-9,21H. The fraction of sp³-hybridized carbons (Fsp3) is 0. The number of rotatable bonds is 2. The van der Waals surface area contributed by atoms with Crippen molar-refractivity contribution in [2.45, 2.75) is 0 Å². The second kappa shape index (κ2) is 5.29. The van der Waals surface area contributed by atoms with E-state index in [1.54, 1.807) is 30.6 Å². The largest absolute Gasteiger partial charge is 0.508 e. The molecule has 0 unspecified atom stereocenters. The maximum atomic E-state index is 12.7. The Bertz CT molecular complexity index is 1060. The Hall–Kier alpha value is -3.06. The van der Waals surface area contributed by atoms with Gasteiger partial charge in [0.1, 0.15) is 21.8 Å². The summed E-state index contributed by atoms with van der Waals surface area (Å²) < 4.78 is 1.86. The Morgan fingerprint density at radius 2 is 2.09 bits per heavy atom. The van der Waals surface area contributed by atoms with E-state index in [-0.39, 0.29) is 11.3 Å². The first-order valence-corrected chi connectivity index (χ1v) is 7.62. The van der Waals surface area contributed by atoms with Crippen molar-refractivity contribution in [3.8, 4) is 22.0 Å². The van der Waals surface area contributed by atoms with E-state index in [1.165, 1.54) is 28.3 Å². The lowest BCUT2D eigenvalue weighted by Crippen LogP contribution is -2.17. The second-order valence-corrected chi connectivity index (χ2v) is 5.85. The van der Waals surface area contributed by atoms with Crippen LogP contribution in [0, 0.1) is 0 Å². The van der Waals surface area contributed by atoms with Crippen LogP contribution in [0.5, 0.6) is 5.75 Å². The summed E-state index contributed by atoms with van der Waals surface area (Å²) in [6, 6.07) is 10.2. The third kappa shape index (κ3) is 2.36. The molecule has 0 aliphatic heterocycles. The van der Waals surface area contributed by atoms with Crippen LogP contribution < -0.4 is 5.56 Å². The van der Waals surface area contributed by atoms with E-state index in [0.29, 0.717) is 21.0 Å². The highest BCUT2D eigenvalue weighted by atomic mass is 32.1. The molecule has 7 heteroatoms. The number of hydrogen-bond donors (Lipinski definition) is 1. The Balaban J connectivity index is 1.91. The van der Waals surface area contributed by atoms with E-state index in [4.69, 9.17) is 0 Å². The summed E-state index contributed by atoms with van der Waals surface area (Å²) in [7, 11) is 0. The van der Waals surface area contributed by atoms with Crippen LogP contribution in [0.2, 0.25) is 0 Å². The van der Waals surface area contributed by atoms with Crippen molar-refractivity contribution >= 4 is 21.7 Å². The van der Waals surface area contributed by atoms with Gasteiger partial charge in [0.05, 0.1) is 5.69 Å². The Kier molecular flexibility index (Phi) is 3.13. The van der Waals surface area contributed by atoms with Crippen molar-refractivity contribution in [2.75, 3.05) is 0 Å². The molecule has 23 heavy (non-hydrogen) atoms. The van der Waals surface area contributed by atoms with Gasteiger partial charge < -0.3 is 5.11 Å². The molecule has 0 saturated heterocycles. The van der Waals surface area contributed by atoms with Crippen LogP contribution in [0.1, 0.15) is 0 Å². The molecule has 0 aliphatic rings. The lowest BCUT2D eigenvalue weighted by molar-refractivity contribution is 0.475. The van der Waals surface area contributed by atoms with Gasteiger partial charge in [-0.15, -0.1) is 11.3 Å². The number of aromatic nitrogens is 4. The quantitative estimate of drug-likeness (QED) is 0.613. The van der Waals surface area contributed by atoms with Crippen LogP contribution in [0.25, 0.3) is 26.6 Å². The number of benzene rings is 1. The highest BCUT2D eigenvalue weighted by molar-refractivity contribution is 7.21. The number of thiazole rings is 1. The molecule has 0 amide bonds. The van der Waals surface area contributed by atoms with Gasteiger partial charge in [0.2, 0.25) is 0 Å². The Morgan fingerprint density at radius 1 is 1.17 bits per heavy atom. The molecule has 0 atom stereocenters. The monoisotopic (exact) mass is 322 g/mol. The fourth-order valence-electron chi connectivity index (χ4n) is 2.25. The van der Waals surface area contributed by atoms with Gasteiger partial charge >= 0.3 is 0 Å². The molecule has 4 aromatic rings. The average Bonchev–Trinajstić information content (AvgIpc) is 3.01. The molecule has 0 aliphatic carbocycles. The maximum absolute atomic E-state index is 12.7. The summed E-state index contributed by atoms with van der Waals surface area (Å²) in [6.07, 6.45) is 4.81. The van der Waals surface area contributed by atoms with E-state index >= 15 is 0 Å². The first kappa shape index (κ1) is 13.6. The van der Waals surface area contributed by atoms with E-state index in [2.05, 4.69) is 15.0 Å². The normalized spacial score (nSPS) is 11.0. The zero-order valence-corrected chi connectivity index (χ0v) is 12.6. The number of aromatic hydroxyl groups is 1. The molecule has 0 spiro atoms. The number of fused-ring (bicyclic) bond motifs is 1. The van der Waals surface area contributed by atoms with Gasteiger partial charge in [0.15, 0.2) is 5.65 Å². The zero-order chi connectivity index (χ0) is 15.8. The minimum atomic E-state index is -0.215. The first-order chi connectivity index (χ1) is 11.2. The zero-order valence-electron chi connectivity index (χ0n) is 11.7. The minimum Gasteiger partial charge on any atom is -0.508 e. The molecule has 3 aromatic heterocycles. The van der Waals surface area contributed by atoms with Crippen molar-refractivity contribution in [3.63, 3.8) is 0 Å². The van der Waals surface area contributed by atoms with E-state index < -0.39 is 0 Å². The molecule has 0 fully saturated rings. The van der Waals surface area contributed by atoms with Crippen molar-refractivity contribution < 1.29 is 5.11 Å². The minimum absolute atomic E-state index is 0.0925. The van der Waals surface area contributed by atoms with Gasteiger partial charge in [0.25, 0.3) is 5.56 Å². The molecule has 1 N–H and O–H groups in total. The smallest absolute Gasteiger partial charge is 0.277 e. The lowest BCUT2D eigenvalue weighted by atomic mass is 10.3. The lowest BCUT2D eigenvalue weighted by Gasteiger charge is -2.04. The van der Waals surface area contributed by atoms with Gasteiger partial charge in [-0.3, -0.25) is 14.3 Å². The third-order valence-corrected chi connectivity index (χ3v) is 4.42. The van der Waals surface area contributed by atoms with Gasteiger partial charge in [-0.2, -0.15) is 0 Å². The maximum Gasteiger partial charge on any atom is 0.277 e. The van der Waals surface area contributed by atoms with Gasteiger partial charge in [-0.05, 0) is 24.3 Å². The summed E-state index contributed by atoms with van der Waals surface area (Å²) in [4.78, 5) is 25.4. The fourth-order valence-corrected chi connectivity index (χ4v) is 3.19. The van der Waals surface area contributed by atoms with E-state index in [1.807, 2.05) is 12.1 Å². The number of nitrogens with zero attached hydrogens (tertiary/aromatic N) is 4. The molecule has 0 radical (unpaired) electrons. The van der Waals surface area contributed by atoms with Crippen LogP contribution in [0.3, 0.4) is 0 Å². The molecule has 0 bridgehead atoms. The van der Waals surface area contributed by atoms with E-state index in [0.717, 1.165) is 5.56 Å². The summed E-state index contributed by atoms with van der Waals surface area (Å²) in [5, 5.41) is 10.3. The Labute approximate surface area is 134 Å². The third-order valence-electron chi connectivity index (χ3n) is 3.33. The van der Waals surface area contributed by atoms with Crippen molar-refractivity contribution in [1.82, 2.24) is 19.5 Å². The summed E-state index contributed by atoms with van der Waals surface area (Å²) in [5.41, 5.74) is 1.60. The van der Waals surface area contributed by atoms with E-state index in [9.17, 15) is 9.90 Å². The highest BCUT2D eigenvalue weighted by Gasteiger charge is 2.13. The number of pyridine rings is 1. The van der Waals surface area contributed by atoms with Crippen LogP contribution in [-0.2, 0) is 0 Å². The van der Waals surface area contributed by atoms with Crippen molar-refractivity contribution in [1.29, 1.82) is 0 Å². The summed E-state index contributed by atoms with van der Waals surface area (Å²) in [5.74, 6) is 0.0925. The molecule has 112 valence electrons. The predicted molar refractivity (Wildman–Crippen MR) is 87.9 cm³/mol. The molecule has 6 nitrogen and oxygen atoms in total. The summed E-state index contributed by atoms with van der Waals surface area (Å²) >= 11 is 1.28. The van der Waals surface area contributed by atoms with Crippen LogP contribution >= 0.6 is 11.3 Å². The van der Waals surface area contributed by atoms with Crippen molar-refractivity contribution in [2.24, 2.45) is 0 Å². The Morgan fingerprint density at radius 3 is 2.87 bits per heavy atom. The van der Waals surface area contributed by atoms with Crippen LogP contribution in [0.4, 0.5) is 0 Å². The number of phenolic OH excluding ortho intramolecular Hbond substituents is 1. The average molecular weight is 322 g/mol. The SMILES string of the molecule is O=c1c2sc(-c3cccnc3)nc2ncn1-c1cccc(O)c1. The van der Waals surface area contributed by atoms with Crippen molar-refractivity contribution in [3.05, 3.63) is 65.5 Å². The molecule has 3 heterocycles. The molecule has 0 saturated carbocycles. The van der Waals surface area contributed by atoms with Gasteiger partial charge in [-0.1, -0.05) is 6.07 Å². The highest BCUT2D eigenvalue weighted by Crippen LogP contribution is 2.26. The first-order valence-electron chi connectivity index (χ1n) is 6.80. The molecular formula is C16H10N4O2S. The summed E-state index contributed by atoms with van der Waals surface area (Å²) in [6.45, 7) is 0. The van der Waals surface area contributed by atoms with Gasteiger partial charge in [0, 0.05) is 24.0 Å². The van der Waals surface area contributed by atoms with Gasteiger partial charge in [-0.25, -0.2) is 9.97 Å². The number of hydrogen-bond acceptors (Lipinski definition) is 6. The van der Waals surface area contributed by atoms with Crippen LogP contribution in [-0.4, -0.2) is 24.6 Å². The molecular weight excluding hydrogens is 312 g/mol. The topological polar surface area (TPSA) is 80.9 Å². The molecule has 4 rings (SSSR count). The molecule has 1 aromatic carbocycles. The second-order valence-electron chi connectivity index (χ2n) is 4.85. The van der Waals surface area contributed by atoms with Crippen LogP contribution in [0.15, 0.2) is 59.9 Å².